The van der Waals surface area contributed by atoms with Crippen LogP contribution in [-0.4, -0.2) is 71.0 Å². The van der Waals surface area contributed by atoms with E-state index >= 15 is 0 Å². The molecule has 2 aliphatic heterocycles. The Morgan fingerprint density at radius 2 is 2.00 bits per heavy atom. The summed E-state index contributed by atoms with van der Waals surface area (Å²) in [6.07, 6.45) is 1.16. The molecule has 3 aromatic heterocycles. The number of ether oxygens (including phenoxy) is 1. The van der Waals surface area contributed by atoms with Crippen molar-refractivity contribution < 1.29 is 37.0 Å². The predicted octanol–water partition coefficient (Wildman–Crippen LogP) is 3.31. The maximum atomic E-state index is 12.9. The number of hydrogen-bond acceptors (Lipinski definition) is 6. The standard InChI is InChI=1S/C21H22N4O3.C2HF3O2/c1-27-14-12-25-16-5-2-9-22-19(16)24-10-3-7-18(24)21(25)8-11-23(15-21)20(26)17-6-4-13-28-17;3-2(4,5)1(6)7/h2-7,9-10,13H,8,11-12,14-15H2,1H3;(H,6,7). The molecule has 1 spiro atoms. The monoisotopic (exact) mass is 492 g/mol. The van der Waals surface area contributed by atoms with Gasteiger partial charge in [-0.15, -0.1) is 0 Å². The summed E-state index contributed by atoms with van der Waals surface area (Å²) in [5, 5.41) is 7.12. The zero-order chi connectivity index (χ0) is 25.2. The number of pyridine rings is 1. The number of alkyl halides is 3. The highest BCUT2D eigenvalue weighted by Crippen LogP contribution is 2.47. The second-order valence-corrected chi connectivity index (χ2v) is 8.04. The number of carboxylic acid groups (broad SMARTS) is 1. The van der Waals surface area contributed by atoms with Crippen molar-refractivity contribution in [3.05, 3.63) is 66.5 Å². The molecule has 5 heterocycles. The number of anilines is 1. The number of halogens is 3. The molecule has 0 aromatic carbocycles. The first-order valence-corrected chi connectivity index (χ1v) is 10.7. The van der Waals surface area contributed by atoms with Crippen LogP contribution in [0.3, 0.4) is 0 Å². The molecule has 1 amide bonds. The molecule has 1 N–H and O–H groups in total. The number of fused-ring (bicyclic) bond motifs is 4. The SMILES string of the molecule is COCCN1c2cccnc2-n2cccc2C12CCN(C(=O)c1ccco1)C2.O=C(O)C(F)(F)F. The molecule has 0 bridgehead atoms. The summed E-state index contributed by atoms with van der Waals surface area (Å²) >= 11 is 0. The Balaban J connectivity index is 0.000000364. The summed E-state index contributed by atoms with van der Waals surface area (Å²) in [6, 6.07) is 11.7. The Bertz CT molecular complexity index is 1190. The minimum Gasteiger partial charge on any atom is -0.475 e. The van der Waals surface area contributed by atoms with Gasteiger partial charge in [-0.2, -0.15) is 13.2 Å². The lowest BCUT2D eigenvalue weighted by Gasteiger charge is -2.47. The van der Waals surface area contributed by atoms with Crippen molar-refractivity contribution >= 4 is 17.6 Å². The first-order chi connectivity index (χ1) is 16.7. The number of amides is 1. The van der Waals surface area contributed by atoms with Gasteiger partial charge in [0.25, 0.3) is 5.91 Å². The van der Waals surface area contributed by atoms with E-state index < -0.39 is 12.1 Å². The van der Waals surface area contributed by atoms with E-state index in [0.717, 1.165) is 30.2 Å². The van der Waals surface area contributed by atoms with Gasteiger partial charge >= 0.3 is 12.1 Å². The van der Waals surface area contributed by atoms with Crippen molar-refractivity contribution in [1.29, 1.82) is 0 Å². The molecule has 2 aliphatic rings. The average Bonchev–Trinajstić information content (AvgIpc) is 3.60. The number of carbonyl (C=O) groups is 2. The van der Waals surface area contributed by atoms with Crippen LogP contribution in [0.25, 0.3) is 5.82 Å². The van der Waals surface area contributed by atoms with E-state index in [1.807, 2.05) is 29.4 Å². The van der Waals surface area contributed by atoms with Crippen molar-refractivity contribution in [2.75, 3.05) is 38.3 Å². The summed E-state index contributed by atoms with van der Waals surface area (Å²) in [5.41, 5.74) is 1.90. The Morgan fingerprint density at radius 3 is 2.66 bits per heavy atom. The predicted molar refractivity (Wildman–Crippen MR) is 117 cm³/mol. The minimum absolute atomic E-state index is 0.0661. The molecule has 0 aliphatic carbocycles. The molecule has 9 nitrogen and oxygen atoms in total. The fraction of sp³-hybridized carbons (Fsp3) is 0.348. The van der Waals surface area contributed by atoms with E-state index in [4.69, 9.17) is 19.1 Å². The number of nitrogens with zero attached hydrogens (tertiary/aromatic N) is 4. The summed E-state index contributed by atoms with van der Waals surface area (Å²) in [4.78, 5) is 30.7. The lowest BCUT2D eigenvalue weighted by Crippen LogP contribution is -2.53. The molecular weight excluding hydrogens is 469 g/mol. The number of aromatic nitrogens is 2. The zero-order valence-corrected chi connectivity index (χ0v) is 18.7. The first kappa shape index (κ1) is 24.3. The zero-order valence-electron chi connectivity index (χ0n) is 18.7. The van der Waals surface area contributed by atoms with Gasteiger partial charge in [-0.25, -0.2) is 9.78 Å². The van der Waals surface area contributed by atoms with Gasteiger partial charge in [0, 0.05) is 32.6 Å². The Hall–Kier alpha value is -3.80. The van der Waals surface area contributed by atoms with Crippen LogP contribution in [-0.2, 0) is 15.1 Å². The van der Waals surface area contributed by atoms with Crippen molar-refractivity contribution in [3.8, 4) is 5.82 Å². The normalized spacial score (nSPS) is 18.6. The fourth-order valence-electron chi connectivity index (χ4n) is 4.57. The minimum atomic E-state index is -5.08. The molecule has 186 valence electrons. The Labute approximate surface area is 198 Å². The number of furan rings is 1. The highest BCUT2D eigenvalue weighted by atomic mass is 19.4. The lowest BCUT2D eigenvalue weighted by molar-refractivity contribution is -0.192. The van der Waals surface area contributed by atoms with Gasteiger partial charge in [-0.1, -0.05) is 0 Å². The number of methoxy groups -OCH3 is 1. The smallest absolute Gasteiger partial charge is 0.475 e. The molecule has 0 radical (unpaired) electrons. The summed E-state index contributed by atoms with van der Waals surface area (Å²) < 4.78 is 44.6. The van der Waals surface area contributed by atoms with Crippen LogP contribution in [0.2, 0.25) is 0 Å². The van der Waals surface area contributed by atoms with Crippen molar-refractivity contribution in [3.63, 3.8) is 0 Å². The number of carbonyl (C=O) groups excluding carboxylic acids is 1. The number of aliphatic carboxylic acids is 1. The van der Waals surface area contributed by atoms with Crippen molar-refractivity contribution in [1.82, 2.24) is 14.5 Å². The van der Waals surface area contributed by atoms with Crippen LogP contribution in [0.1, 0.15) is 22.7 Å². The maximum Gasteiger partial charge on any atom is 0.490 e. The lowest BCUT2D eigenvalue weighted by atomic mass is 9.89. The molecular formula is C23H23F3N4O5. The van der Waals surface area contributed by atoms with Gasteiger partial charge < -0.3 is 28.6 Å². The van der Waals surface area contributed by atoms with Gasteiger partial charge in [0.1, 0.15) is 5.54 Å². The van der Waals surface area contributed by atoms with Crippen LogP contribution in [0.15, 0.2) is 59.5 Å². The molecule has 3 aromatic rings. The van der Waals surface area contributed by atoms with Crippen LogP contribution < -0.4 is 4.90 Å². The van der Waals surface area contributed by atoms with Gasteiger partial charge in [-0.3, -0.25) is 4.79 Å². The summed E-state index contributed by atoms with van der Waals surface area (Å²) in [5.74, 6) is -1.52. The molecule has 1 fully saturated rings. The third-order valence-electron chi connectivity index (χ3n) is 6.06. The quantitative estimate of drug-likeness (QED) is 0.596. The molecule has 12 heteroatoms. The van der Waals surface area contributed by atoms with E-state index in [2.05, 4.69) is 26.6 Å². The molecule has 1 unspecified atom stereocenters. The third-order valence-corrected chi connectivity index (χ3v) is 6.06. The highest BCUT2D eigenvalue weighted by Gasteiger charge is 2.51. The van der Waals surface area contributed by atoms with Crippen LogP contribution in [0, 0.1) is 0 Å². The molecule has 1 atom stereocenters. The van der Waals surface area contributed by atoms with Crippen LogP contribution >= 0.6 is 0 Å². The Kier molecular flexibility index (Phi) is 6.57. The van der Waals surface area contributed by atoms with Gasteiger partial charge in [0.05, 0.1) is 30.8 Å². The van der Waals surface area contributed by atoms with Crippen molar-refractivity contribution in [2.24, 2.45) is 0 Å². The third kappa shape index (κ3) is 4.48. The fourth-order valence-corrected chi connectivity index (χ4v) is 4.57. The number of likely N-dealkylation sites (tertiary alicyclic amines) is 1. The second-order valence-electron chi connectivity index (χ2n) is 8.04. The van der Waals surface area contributed by atoms with E-state index in [9.17, 15) is 18.0 Å². The number of hydrogen-bond donors (Lipinski definition) is 1. The van der Waals surface area contributed by atoms with Gasteiger partial charge in [0.15, 0.2) is 11.6 Å². The summed E-state index contributed by atoms with van der Waals surface area (Å²) in [7, 11) is 1.71. The van der Waals surface area contributed by atoms with E-state index in [0.29, 0.717) is 25.5 Å². The molecule has 0 saturated carbocycles. The van der Waals surface area contributed by atoms with Crippen molar-refractivity contribution in [2.45, 2.75) is 18.1 Å². The average molecular weight is 492 g/mol. The highest BCUT2D eigenvalue weighted by molar-refractivity contribution is 5.92. The maximum absolute atomic E-state index is 12.9. The van der Waals surface area contributed by atoms with Crippen LogP contribution in [0.4, 0.5) is 18.9 Å². The summed E-state index contributed by atoms with van der Waals surface area (Å²) in [6.45, 7) is 2.59. The molecule has 1 saturated heterocycles. The van der Waals surface area contributed by atoms with E-state index in [1.165, 1.54) is 6.26 Å². The van der Waals surface area contributed by atoms with E-state index in [1.54, 1.807) is 19.2 Å². The van der Waals surface area contributed by atoms with Crippen LogP contribution in [0.5, 0.6) is 0 Å². The Morgan fingerprint density at radius 1 is 1.23 bits per heavy atom. The largest absolute Gasteiger partial charge is 0.490 e. The van der Waals surface area contributed by atoms with Gasteiger partial charge in [-0.05, 0) is 42.8 Å². The molecule has 35 heavy (non-hydrogen) atoms. The van der Waals surface area contributed by atoms with E-state index in [-0.39, 0.29) is 11.4 Å². The second kappa shape index (κ2) is 9.45. The first-order valence-electron chi connectivity index (χ1n) is 10.7. The molecule has 5 rings (SSSR count). The van der Waals surface area contributed by atoms with Gasteiger partial charge in [0.2, 0.25) is 0 Å². The topological polar surface area (TPSA) is 101 Å². The number of rotatable bonds is 4. The number of carboxylic acids is 1.